The first kappa shape index (κ1) is 13.5. The van der Waals surface area contributed by atoms with Gasteiger partial charge in [-0.25, -0.2) is 18.1 Å². The van der Waals surface area contributed by atoms with Gasteiger partial charge in [0, 0.05) is 29.6 Å². The summed E-state index contributed by atoms with van der Waals surface area (Å²) in [5.41, 5.74) is 0. The van der Waals surface area contributed by atoms with E-state index in [0.29, 0.717) is 18.0 Å². The lowest BCUT2D eigenvalue weighted by molar-refractivity contribution is 0.581. The van der Waals surface area contributed by atoms with Crippen LogP contribution in [0.2, 0.25) is 5.02 Å². The van der Waals surface area contributed by atoms with Crippen molar-refractivity contribution in [2.75, 3.05) is 6.54 Å². The van der Waals surface area contributed by atoms with Crippen LogP contribution >= 0.6 is 22.9 Å². The predicted octanol–water partition coefficient (Wildman–Crippen LogP) is 2.32. The summed E-state index contributed by atoms with van der Waals surface area (Å²) < 4.78 is 26.3. The maximum Gasteiger partial charge on any atom is 0.240 e. The maximum absolute atomic E-state index is 11.9. The Hall–Kier alpha value is -0.950. The van der Waals surface area contributed by atoms with Gasteiger partial charge in [-0.05, 0) is 24.3 Å². The monoisotopic (exact) mass is 302 g/mol. The van der Waals surface area contributed by atoms with Crippen molar-refractivity contribution in [3.63, 3.8) is 0 Å². The highest BCUT2D eigenvalue weighted by Crippen LogP contribution is 2.13. The highest BCUT2D eigenvalue weighted by molar-refractivity contribution is 7.89. The van der Waals surface area contributed by atoms with Crippen molar-refractivity contribution in [3.05, 3.63) is 45.9 Å². The minimum absolute atomic E-state index is 0.214. The average molecular weight is 303 g/mol. The minimum atomic E-state index is -3.46. The molecule has 0 saturated heterocycles. The molecule has 0 fully saturated rings. The van der Waals surface area contributed by atoms with Crippen LogP contribution < -0.4 is 4.72 Å². The van der Waals surface area contributed by atoms with Crippen molar-refractivity contribution in [1.29, 1.82) is 0 Å². The fourth-order valence-corrected chi connectivity index (χ4v) is 3.14. The Morgan fingerprint density at radius 3 is 2.61 bits per heavy atom. The van der Waals surface area contributed by atoms with Gasteiger partial charge < -0.3 is 0 Å². The van der Waals surface area contributed by atoms with Crippen LogP contribution in [0, 0.1) is 0 Å². The van der Waals surface area contributed by atoms with E-state index < -0.39 is 10.0 Å². The number of halogens is 1. The fourth-order valence-electron chi connectivity index (χ4n) is 1.37. The summed E-state index contributed by atoms with van der Waals surface area (Å²) in [5.74, 6) is 0. The smallest absolute Gasteiger partial charge is 0.240 e. The highest BCUT2D eigenvalue weighted by atomic mass is 35.5. The van der Waals surface area contributed by atoms with Gasteiger partial charge in [0.2, 0.25) is 10.0 Å². The molecule has 0 atom stereocenters. The molecule has 4 nitrogen and oxygen atoms in total. The predicted molar refractivity (Wildman–Crippen MR) is 72.5 cm³/mol. The third-order valence-electron chi connectivity index (χ3n) is 2.24. The van der Waals surface area contributed by atoms with E-state index >= 15 is 0 Å². The van der Waals surface area contributed by atoms with Crippen LogP contribution in [0.25, 0.3) is 0 Å². The molecule has 0 amide bonds. The van der Waals surface area contributed by atoms with Gasteiger partial charge in [-0.15, -0.1) is 11.3 Å². The Labute approximate surface area is 115 Å². The summed E-state index contributed by atoms with van der Waals surface area (Å²) in [5, 5.41) is 3.29. The molecule has 0 bridgehead atoms. The summed E-state index contributed by atoms with van der Waals surface area (Å²) in [6.45, 7) is 0.332. The molecule has 1 heterocycles. The first-order valence-corrected chi connectivity index (χ1v) is 7.95. The molecule has 0 saturated carbocycles. The lowest BCUT2D eigenvalue weighted by Gasteiger charge is -2.05. The fraction of sp³-hybridized carbons (Fsp3) is 0.182. The molecule has 2 aromatic rings. The number of sulfonamides is 1. The molecule has 7 heteroatoms. The SMILES string of the molecule is O=S(=O)(NCCc1nccs1)c1ccc(Cl)cc1. The Morgan fingerprint density at radius 1 is 1.28 bits per heavy atom. The first-order valence-electron chi connectivity index (χ1n) is 5.21. The van der Waals surface area contributed by atoms with Gasteiger partial charge in [-0.2, -0.15) is 0 Å². The van der Waals surface area contributed by atoms with E-state index in [1.54, 1.807) is 18.3 Å². The zero-order valence-electron chi connectivity index (χ0n) is 9.34. The van der Waals surface area contributed by atoms with Crippen molar-refractivity contribution in [1.82, 2.24) is 9.71 Å². The standard InChI is InChI=1S/C11H11ClN2O2S2/c12-9-1-3-10(4-2-9)18(15,16)14-6-5-11-13-7-8-17-11/h1-4,7-8,14H,5-6H2. The van der Waals surface area contributed by atoms with Gasteiger partial charge in [-0.1, -0.05) is 11.6 Å². The average Bonchev–Trinajstić information content (AvgIpc) is 2.82. The Balaban J connectivity index is 1.97. The van der Waals surface area contributed by atoms with Crippen LogP contribution in [-0.2, 0) is 16.4 Å². The molecule has 0 aliphatic carbocycles. The molecular formula is C11H11ClN2O2S2. The van der Waals surface area contributed by atoms with Gasteiger partial charge in [-0.3, -0.25) is 0 Å². The topological polar surface area (TPSA) is 59.1 Å². The Kier molecular flexibility index (Phi) is 4.34. The minimum Gasteiger partial charge on any atom is -0.250 e. The molecule has 0 spiro atoms. The Morgan fingerprint density at radius 2 is 2.00 bits per heavy atom. The highest BCUT2D eigenvalue weighted by Gasteiger charge is 2.13. The van der Waals surface area contributed by atoms with Gasteiger partial charge in [0.1, 0.15) is 0 Å². The van der Waals surface area contributed by atoms with E-state index in [4.69, 9.17) is 11.6 Å². The lowest BCUT2D eigenvalue weighted by Crippen LogP contribution is -2.25. The second kappa shape index (κ2) is 5.79. The quantitative estimate of drug-likeness (QED) is 0.922. The molecule has 2 rings (SSSR count). The number of rotatable bonds is 5. The van der Waals surface area contributed by atoms with Crippen LogP contribution in [0.3, 0.4) is 0 Å². The zero-order valence-corrected chi connectivity index (χ0v) is 11.7. The number of hydrogen-bond donors (Lipinski definition) is 1. The molecule has 1 aromatic carbocycles. The second-order valence-electron chi connectivity index (χ2n) is 3.53. The molecule has 18 heavy (non-hydrogen) atoms. The van der Waals surface area contributed by atoms with Gasteiger partial charge in [0.25, 0.3) is 0 Å². The second-order valence-corrected chi connectivity index (χ2v) is 6.71. The number of benzene rings is 1. The molecule has 96 valence electrons. The van der Waals surface area contributed by atoms with Crippen molar-refractivity contribution >= 4 is 33.0 Å². The van der Waals surface area contributed by atoms with E-state index in [9.17, 15) is 8.42 Å². The number of hydrogen-bond acceptors (Lipinski definition) is 4. The van der Waals surface area contributed by atoms with Crippen LogP contribution in [0.15, 0.2) is 40.7 Å². The van der Waals surface area contributed by atoms with Crippen LogP contribution in [0.4, 0.5) is 0 Å². The Bertz CT molecular complexity index is 594. The van der Waals surface area contributed by atoms with E-state index in [0.717, 1.165) is 5.01 Å². The van der Waals surface area contributed by atoms with Gasteiger partial charge in [0.05, 0.1) is 9.90 Å². The molecule has 1 N–H and O–H groups in total. The third kappa shape index (κ3) is 3.52. The summed E-state index contributed by atoms with van der Waals surface area (Å²) in [7, 11) is -3.46. The van der Waals surface area contributed by atoms with E-state index in [-0.39, 0.29) is 4.90 Å². The van der Waals surface area contributed by atoms with Crippen molar-refractivity contribution in [2.45, 2.75) is 11.3 Å². The molecular weight excluding hydrogens is 292 g/mol. The summed E-state index contributed by atoms with van der Waals surface area (Å²) >= 11 is 7.22. The third-order valence-corrected chi connectivity index (χ3v) is 4.81. The van der Waals surface area contributed by atoms with Crippen molar-refractivity contribution in [2.24, 2.45) is 0 Å². The number of nitrogens with zero attached hydrogens (tertiary/aromatic N) is 1. The summed E-state index contributed by atoms with van der Waals surface area (Å²) in [6, 6.07) is 6.07. The van der Waals surface area contributed by atoms with Gasteiger partial charge in [0.15, 0.2) is 0 Å². The molecule has 0 aliphatic heterocycles. The van der Waals surface area contributed by atoms with E-state index in [1.165, 1.54) is 23.5 Å². The van der Waals surface area contributed by atoms with Crippen LogP contribution in [0.5, 0.6) is 0 Å². The normalized spacial score (nSPS) is 11.6. The molecule has 0 radical (unpaired) electrons. The van der Waals surface area contributed by atoms with E-state index in [1.807, 2.05) is 5.38 Å². The number of thiazole rings is 1. The first-order chi connectivity index (χ1) is 8.58. The zero-order chi connectivity index (χ0) is 13.0. The number of nitrogens with one attached hydrogen (secondary N) is 1. The van der Waals surface area contributed by atoms with Crippen molar-refractivity contribution in [3.8, 4) is 0 Å². The molecule has 1 aromatic heterocycles. The van der Waals surface area contributed by atoms with Crippen LogP contribution in [-0.4, -0.2) is 19.9 Å². The summed E-state index contributed by atoms with van der Waals surface area (Å²) in [6.07, 6.45) is 2.29. The number of aromatic nitrogens is 1. The van der Waals surface area contributed by atoms with E-state index in [2.05, 4.69) is 9.71 Å². The summed E-state index contributed by atoms with van der Waals surface area (Å²) in [4.78, 5) is 4.30. The molecule has 0 unspecified atom stereocenters. The van der Waals surface area contributed by atoms with Crippen molar-refractivity contribution < 1.29 is 8.42 Å². The van der Waals surface area contributed by atoms with Crippen LogP contribution in [0.1, 0.15) is 5.01 Å². The maximum atomic E-state index is 11.9. The molecule has 0 aliphatic rings. The lowest BCUT2D eigenvalue weighted by atomic mass is 10.4. The van der Waals surface area contributed by atoms with Gasteiger partial charge >= 0.3 is 0 Å². The largest absolute Gasteiger partial charge is 0.250 e.